The third kappa shape index (κ3) is 4.93. The summed E-state index contributed by atoms with van der Waals surface area (Å²) in [6.45, 7) is 5.05. The van der Waals surface area contributed by atoms with Crippen LogP contribution in [0.25, 0.3) is 0 Å². The van der Waals surface area contributed by atoms with Crippen molar-refractivity contribution in [2.45, 2.75) is 50.7 Å². The maximum atomic E-state index is 12.5. The van der Waals surface area contributed by atoms with Crippen molar-refractivity contribution in [1.29, 1.82) is 0 Å². The van der Waals surface area contributed by atoms with Crippen LogP contribution in [0.5, 0.6) is 0 Å². The number of rotatable bonds is 6. The van der Waals surface area contributed by atoms with Gasteiger partial charge in [-0.1, -0.05) is 0 Å². The van der Waals surface area contributed by atoms with Gasteiger partial charge >= 0.3 is 0 Å². The number of likely N-dealkylation sites (N-methyl/N-ethyl adjacent to an activating group) is 1. The molecule has 1 amide bonds. The van der Waals surface area contributed by atoms with E-state index in [0.29, 0.717) is 13.0 Å². The van der Waals surface area contributed by atoms with Crippen molar-refractivity contribution >= 4 is 5.91 Å². The van der Waals surface area contributed by atoms with E-state index in [1.54, 1.807) is 0 Å². The van der Waals surface area contributed by atoms with Crippen molar-refractivity contribution in [3.05, 3.63) is 0 Å². The van der Waals surface area contributed by atoms with Crippen molar-refractivity contribution in [2.24, 2.45) is 5.92 Å². The molecule has 2 atom stereocenters. The predicted octanol–water partition coefficient (Wildman–Crippen LogP) is 1.51. The number of amides is 1. The molecule has 0 unspecified atom stereocenters. The molecule has 0 radical (unpaired) electrons. The Labute approximate surface area is 133 Å². The van der Waals surface area contributed by atoms with E-state index in [0.717, 1.165) is 45.0 Å². The molecule has 2 saturated heterocycles. The lowest BCUT2D eigenvalue weighted by molar-refractivity contribution is -0.143. The zero-order valence-corrected chi connectivity index (χ0v) is 13.8. The highest BCUT2D eigenvalue weighted by atomic mass is 16.5. The molecule has 126 valence electrons. The first-order chi connectivity index (χ1) is 10.7. The Bertz CT molecular complexity index is 367. The largest absolute Gasteiger partial charge is 0.378 e. The molecular formula is C17H30N2O3. The molecule has 0 N–H and O–H groups in total. The average molecular weight is 310 g/mol. The second kappa shape index (κ2) is 7.75. The summed E-state index contributed by atoms with van der Waals surface area (Å²) in [6.07, 6.45) is 6.96. The van der Waals surface area contributed by atoms with Crippen LogP contribution in [0.1, 0.15) is 38.5 Å². The van der Waals surface area contributed by atoms with Gasteiger partial charge in [0.1, 0.15) is 0 Å². The fourth-order valence-electron chi connectivity index (χ4n) is 3.51. The number of nitrogens with zero attached hydrogens (tertiary/aromatic N) is 2. The third-order valence-corrected chi connectivity index (χ3v) is 4.95. The first-order valence-electron chi connectivity index (χ1n) is 8.90. The molecule has 0 aromatic heterocycles. The van der Waals surface area contributed by atoms with Gasteiger partial charge < -0.3 is 19.3 Å². The summed E-state index contributed by atoms with van der Waals surface area (Å²) in [5.74, 6) is 1.14. The molecule has 2 aliphatic heterocycles. The van der Waals surface area contributed by atoms with Gasteiger partial charge in [-0.05, 0) is 45.1 Å². The molecule has 0 aromatic carbocycles. The van der Waals surface area contributed by atoms with E-state index in [2.05, 4.69) is 11.9 Å². The number of carbonyl (C=O) groups is 1. The molecule has 5 heteroatoms. The lowest BCUT2D eigenvalue weighted by atomic mass is 10.1. The first-order valence-corrected chi connectivity index (χ1v) is 8.90. The molecule has 5 nitrogen and oxygen atoms in total. The second-order valence-corrected chi connectivity index (χ2v) is 7.19. The second-order valence-electron chi connectivity index (χ2n) is 7.19. The number of hydrogen-bond donors (Lipinski definition) is 0. The Hall–Kier alpha value is -0.650. The van der Waals surface area contributed by atoms with E-state index in [9.17, 15) is 4.79 Å². The maximum absolute atomic E-state index is 12.5. The minimum Gasteiger partial charge on any atom is -0.378 e. The van der Waals surface area contributed by atoms with Crippen LogP contribution in [-0.2, 0) is 14.3 Å². The Morgan fingerprint density at radius 2 is 1.91 bits per heavy atom. The number of morpholine rings is 1. The lowest BCUT2D eigenvalue weighted by Gasteiger charge is -2.35. The minimum absolute atomic E-state index is 0.139. The van der Waals surface area contributed by atoms with Gasteiger partial charge in [0.2, 0.25) is 5.91 Å². The summed E-state index contributed by atoms with van der Waals surface area (Å²) >= 11 is 0. The predicted molar refractivity (Wildman–Crippen MR) is 84.7 cm³/mol. The molecule has 3 rings (SSSR count). The zero-order chi connectivity index (χ0) is 15.4. The summed E-state index contributed by atoms with van der Waals surface area (Å²) in [6, 6.07) is 0. The van der Waals surface area contributed by atoms with Gasteiger partial charge in [0.15, 0.2) is 0 Å². The quantitative estimate of drug-likeness (QED) is 0.746. The topological polar surface area (TPSA) is 42.0 Å². The summed E-state index contributed by atoms with van der Waals surface area (Å²) < 4.78 is 11.5. The van der Waals surface area contributed by atoms with E-state index in [1.807, 2.05) is 4.90 Å². The van der Waals surface area contributed by atoms with Crippen LogP contribution in [-0.4, -0.2) is 74.4 Å². The van der Waals surface area contributed by atoms with E-state index in [1.165, 1.54) is 25.8 Å². The molecule has 0 spiro atoms. The molecule has 3 aliphatic rings. The fourth-order valence-corrected chi connectivity index (χ4v) is 3.51. The Kier molecular flexibility index (Phi) is 5.71. The molecule has 22 heavy (non-hydrogen) atoms. The van der Waals surface area contributed by atoms with Crippen LogP contribution in [0.3, 0.4) is 0 Å². The molecule has 0 aromatic rings. The van der Waals surface area contributed by atoms with Gasteiger partial charge in [-0.2, -0.15) is 0 Å². The van der Waals surface area contributed by atoms with E-state index in [4.69, 9.17) is 9.47 Å². The van der Waals surface area contributed by atoms with Gasteiger partial charge in [-0.15, -0.1) is 0 Å². The monoisotopic (exact) mass is 310 g/mol. The number of hydrogen-bond acceptors (Lipinski definition) is 4. The number of carbonyl (C=O) groups excluding carboxylic acids is 1. The minimum atomic E-state index is 0.139. The van der Waals surface area contributed by atoms with E-state index < -0.39 is 0 Å². The Balaban J connectivity index is 1.41. The molecule has 1 aliphatic carbocycles. The normalized spacial score (nSPS) is 29.8. The van der Waals surface area contributed by atoms with Crippen LogP contribution in [0.2, 0.25) is 0 Å². The van der Waals surface area contributed by atoms with Crippen molar-refractivity contribution < 1.29 is 14.3 Å². The highest BCUT2D eigenvalue weighted by molar-refractivity contribution is 5.76. The van der Waals surface area contributed by atoms with Crippen molar-refractivity contribution in [2.75, 3.05) is 46.4 Å². The summed E-state index contributed by atoms with van der Waals surface area (Å²) in [7, 11) is 2.16. The smallest absolute Gasteiger partial charge is 0.225 e. The standard InChI is InChI=1S/C17H30N2O3/c1-18(11-14-5-6-14)12-16-13-19(7-9-22-16)17(20)10-15-4-2-3-8-21-15/h14-16H,2-13H2,1H3/t15-,16+/m1/s1. The van der Waals surface area contributed by atoms with Gasteiger partial charge in [0.25, 0.3) is 0 Å². The van der Waals surface area contributed by atoms with Gasteiger partial charge in [0, 0.05) is 32.8 Å². The third-order valence-electron chi connectivity index (χ3n) is 4.95. The van der Waals surface area contributed by atoms with Crippen molar-refractivity contribution in [3.8, 4) is 0 Å². The molecule has 0 bridgehead atoms. The average Bonchev–Trinajstić information content (AvgIpc) is 3.32. The summed E-state index contributed by atoms with van der Waals surface area (Å²) in [5.41, 5.74) is 0. The summed E-state index contributed by atoms with van der Waals surface area (Å²) in [5, 5.41) is 0. The first kappa shape index (κ1) is 16.2. The van der Waals surface area contributed by atoms with Gasteiger partial charge in [0.05, 0.1) is 25.2 Å². The SMILES string of the molecule is CN(CC1CC1)C[C@H]1CN(C(=O)C[C@H]2CCCCO2)CCO1. The van der Waals surface area contributed by atoms with E-state index >= 15 is 0 Å². The molecule has 2 heterocycles. The van der Waals surface area contributed by atoms with E-state index in [-0.39, 0.29) is 18.1 Å². The van der Waals surface area contributed by atoms with Crippen LogP contribution in [0, 0.1) is 5.92 Å². The van der Waals surface area contributed by atoms with Gasteiger partial charge in [-0.3, -0.25) is 4.79 Å². The Morgan fingerprint density at radius 3 is 2.64 bits per heavy atom. The van der Waals surface area contributed by atoms with Crippen LogP contribution in [0.4, 0.5) is 0 Å². The molecule has 3 fully saturated rings. The zero-order valence-electron chi connectivity index (χ0n) is 13.8. The van der Waals surface area contributed by atoms with Crippen molar-refractivity contribution in [3.63, 3.8) is 0 Å². The highest BCUT2D eigenvalue weighted by Crippen LogP contribution is 2.29. The highest BCUT2D eigenvalue weighted by Gasteiger charge is 2.29. The van der Waals surface area contributed by atoms with Crippen LogP contribution < -0.4 is 0 Å². The van der Waals surface area contributed by atoms with Crippen LogP contribution >= 0.6 is 0 Å². The Morgan fingerprint density at radius 1 is 1.09 bits per heavy atom. The fraction of sp³-hybridized carbons (Fsp3) is 0.941. The summed E-state index contributed by atoms with van der Waals surface area (Å²) in [4.78, 5) is 16.8. The maximum Gasteiger partial charge on any atom is 0.225 e. The molecule has 1 saturated carbocycles. The van der Waals surface area contributed by atoms with Crippen LogP contribution in [0.15, 0.2) is 0 Å². The lowest BCUT2D eigenvalue weighted by Crippen LogP contribution is -2.50. The number of ether oxygens (including phenoxy) is 2. The molecular weight excluding hydrogens is 280 g/mol. The van der Waals surface area contributed by atoms with Gasteiger partial charge in [-0.25, -0.2) is 0 Å². The van der Waals surface area contributed by atoms with Crippen molar-refractivity contribution in [1.82, 2.24) is 9.80 Å².